The van der Waals surface area contributed by atoms with E-state index in [1.807, 2.05) is 12.2 Å². The standard InChI is InChI=1S/C8H9NO2.K/c10-7-5-3-1-2-4-6(5)8(11)9-7;/h1,3,5-6H,2,4H2,(H,9,10,11);. The molecule has 0 bridgehead atoms. The molecule has 0 aromatic carbocycles. The van der Waals surface area contributed by atoms with E-state index in [1.54, 1.807) is 0 Å². The molecule has 0 aromatic rings. The van der Waals surface area contributed by atoms with Crippen LogP contribution < -0.4 is 5.32 Å². The summed E-state index contributed by atoms with van der Waals surface area (Å²) in [6.45, 7) is 0. The van der Waals surface area contributed by atoms with Crippen molar-refractivity contribution in [3.8, 4) is 0 Å². The molecule has 1 aliphatic heterocycles. The smallest absolute Gasteiger partial charge is 0.234 e. The van der Waals surface area contributed by atoms with Crippen LogP contribution in [0.1, 0.15) is 12.8 Å². The molecule has 3 nitrogen and oxygen atoms in total. The molecule has 12 heavy (non-hydrogen) atoms. The number of hydrogen-bond acceptors (Lipinski definition) is 2. The second kappa shape index (κ2) is 4.15. The van der Waals surface area contributed by atoms with E-state index in [4.69, 9.17) is 0 Å². The molecular formula is C8H9KNO2. The topological polar surface area (TPSA) is 46.2 Å². The van der Waals surface area contributed by atoms with Crippen molar-refractivity contribution in [2.45, 2.75) is 12.8 Å². The normalized spacial score (nSPS) is 32.3. The Morgan fingerprint density at radius 2 is 2.08 bits per heavy atom. The van der Waals surface area contributed by atoms with Gasteiger partial charge in [0, 0.05) is 51.4 Å². The minimum absolute atomic E-state index is 0. The molecule has 4 heteroatoms. The summed E-state index contributed by atoms with van der Waals surface area (Å²) < 4.78 is 0. The van der Waals surface area contributed by atoms with Gasteiger partial charge in [-0.3, -0.25) is 14.9 Å². The van der Waals surface area contributed by atoms with Crippen LogP contribution in [0.2, 0.25) is 0 Å². The Balaban J connectivity index is 0.000000720. The second-order valence-electron chi connectivity index (χ2n) is 2.99. The number of hydrogen-bond donors (Lipinski definition) is 1. The van der Waals surface area contributed by atoms with Crippen molar-refractivity contribution in [3.05, 3.63) is 12.2 Å². The van der Waals surface area contributed by atoms with E-state index in [-0.39, 0.29) is 75.0 Å². The first-order chi connectivity index (χ1) is 5.29. The van der Waals surface area contributed by atoms with E-state index >= 15 is 0 Å². The molecule has 1 radical (unpaired) electrons. The largest absolute Gasteiger partial charge is 0.296 e. The van der Waals surface area contributed by atoms with E-state index < -0.39 is 0 Å². The molecule has 2 amide bonds. The quantitative estimate of drug-likeness (QED) is 0.328. The van der Waals surface area contributed by atoms with Gasteiger partial charge in [-0.1, -0.05) is 12.2 Å². The van der Waals surface area contributed by atoms with Gasteiger partial charge in [0.15, 0.2) is 0 Å². The zero-order valence-corrected chi connectivity index (χ0v) is 10.2. The molecule has 1 fully saturated rings. The predicted octanol–water partition coefficient (Wildman–Crippen LogP) is -0.156. The molecule has 2 aliphatic rings. The van der Waals surface area contributed by atoms with E-state index in [1.165, 1.54) is 0 Å². The SMILES string of the molecule is O=C1NC(=O)C2CCC=CC12.[K]. The van der Waals surface area contributed by atoms with Gasteiger partial charge in [-0.2, -0.15) is 0 Å². The molecule has 1 N–H and O–H groups in total. The van der Waals surface area contributed by atoms with Crippen LogP contribution in [-0.4, -0.2) is 63.2 Å². The number of imide groups is 1. The number of carbonyl (C=O) groups excluding carboxylic acids is 2. The predicted molar refractivity (Wildman–Crippen MR) is 44.3 cm³/mol. The van der Waals surface area contributed by atoms with E-state index in [2.05, 4.69) is 5.32 Å². The molecule has 0 saturated carbocycles. The van der Waals surface area contributed by atoms with Crippen LogP contribution in [0.3, 0.4) is 0 Å². The number of nitrogens with one attached hydrogen (secondary N) is 1. The van der Waals surface area contributed by atoms with Crippen LogP contribution in [0.4, 0.5) is 0 Å². The molecule has 2 atom stereocenters. The molecule has 1 saturated heterocycles. The van der Waals surface area contributed by atoms with Gasteiger partial charge in [-0.25, -0.2) is 0 Å². The van der Waals surface area contributed by atoms with Gasteiger partial charge in [0.2, 0.25) is 11.8 Å². The summed E-state index contributed by atoms with van der Waals surface area (Å²) in [5, 5.41) is 2.33. The first kappa shape index (κ1) is 10.6. The van der Waals surface area contributed by atoms with Gasteiger partial charge < -0.3 is 0 Å². The van der Waals surface area contributed by atoms with Crippen LogP contribution in [0.25, 0.3) is 0 Å². The third-order valence-corrected chi connectivity index (χ3v) is 2.31. The van der Waals surface area contributed by atoms with Crippen molar-refractivity contribution in [2.75, 3.05) is 0 Å². The molecular weight excluding hydrogens is 181 g/mol. The summed E-state index contributed by atoms with van der Waals surface area (Å²) in [6, 6.07) is 0. The van der Waals surface area contributed by atoms with Crippen molar-refractivity contribution in [3.63, 3.8) is 0 Å². The zero-order chi connectivity index (χ0) is 7.84. The Morgan fingerprint density at radius 1 is 1.33 bits per heavy atom. The monoisotopic (exact) mass is 190 g/mol. The third kappa shape index (κ3) is 1.72. The molecule has 59 valence electrons. The van der Waals surface area contributed by atoms with Gasteiger partial charge in [0.25, 0.3) is 0 Å². The Labute approximate surface area is 113 Å². The Kier molecular flexibility index (Phi) is 3.67. The molecule has 1 aliphatic carbocycles. The zero-order valence-electron chi connectivity index (χ0n) is 7.04. The Bertz CT molecular complexity index is 249. The van der Waals surface area contributed by atoms with Crippen molar-refractivity contribution >= 4 is 63.2 Å². The summed E-state index contributed by atoms with van der Waals surface area (Å²) in [5.74, 6) is -0.468. The van der Waals surface area contributed by atoms with Crippen molar-refractivity contribution in [1.82, 2.24) is 5.32 Å². The summed E-state index contributed by atoms with van der Waals surface area (Å²) in [6.07, 6.45) is 5.55. The Hall–Kier alpha value is 0.516. The van der Waals surface area contributed by atoms with Crippen LogP contribution in [0, 0.1) is 11.8 Å². The number of carbonyl (C=O) groups is 2. The second-order valence-corrected chi connectivity index (χ2v) is 2.99. The summed E-state index contributed by atoms with van der Waals surface area (Å²) in [7, 11) is 0. The average molecular weight is 190 g/mol. The number of fused-ring (bicyclic) bond motifs is 1. The number of rotatable bonds is 0. The fraction of sp³-hybridized carbons (Fsp3) is 0.500. The van der Waals surface area contributed by atoms with E-state index in [9.17, 15) is 9.59 Å². The maximum atomic E-state index is 11.1. The van der Waals surface area contributed by atoms with Crippen LogP contribution in [-0.2, 0) is 9.59 Å². The van der Waals surface area contributed by atoms with Crippen molar-refractivity contribution in [2.24, 2.45) is 11.8 Å². The number of amides is 2. The molecule has 1 heterocycles. The molecule has 2 rings (SSSR count). The van der Waals surface area contributed by atoms with Crippen molar-refractivity contribution < 1.29 is 9.59 Å². The minimum atomic E-state index is -0.170. The van der Waals surface area contributed by atoms with E-state index in [0.29, 0.717) is 0 Å². The van der Waals surface area contributed by atoms with Gasteiger partial charge in [-0.15, -0.1) is 0 Å². The summed E-state index contributed by atoms with van der Waals surface area (Å²) >= 11 is 0. The molecule has 0 spiro atoms. The maximum absolute atomic E-state index is 11.1. The van der Waals surface area contributed by atoms with Crippen LogP contribution in [0.15, 0.2) is 12.2 Å². The van der Waals surface area contributed by atoms with Crippen LogP contribution in [0.5, 0.6) is 0 Å². The fourth-order valence-electron chi connectivity index (χ4n) is 1.69. The minimum Gasteiger partial charge on any atom is -0.296 e. The Morgan fingerprint density at radius 3 is 2.75 bits per heavy atom. The van der Waals surface area contributed by atoms with Gasteiger partial charge in [0.05, 0.1) is 11.8 Å². The summed E-state index contributed by atoms with van der Waals surface area (Å²) in [5.41, 5.74) is 0. The molecule has 0 aromatic heterocycles. The first-order valence-corrected chi connectivity index (χ1v) is 3.80. The first-order valence-electron chi connectivity index (χ1n) is 3.80. The van der Waals surface area contributed by atoms with Crippen molar-refractivity contribution in [1.29, 1.82) is 0 Å². The maximum Gasteiger partial charge on any atom is 0.234 e. The van der Waals surface area contributed by atoms with Gasteiger partial charge in [-0.05, 0) is 12.8 Å². The number of allylic oxidation sites excluding steroid dienone is 1. The van der Waals surface area contributed by atoms with Gasteiger partial charge in [0.1, 0.15) is 0 Å². The third-order valence-electron chi connectivity index (χ3n) is 2.31. The van der Waals surface area contributed by atoms with Gasteiger partial charge >= 0.3 is 0 Å². The van der Waals surface area contributed by atoms with Crippen LogP contribution >= 0.6 is 0 Å². The fourth-order valence-corrected chi connectivity index (χ4v) is 1.69. The summed E-state index contributed by atoms with van der Waals surface area (Å²) in [4.78, 5) is 22.1. The molecule has 2 unspecified atom stereocenters. The van der Waals surface area contributed by atoms with E-state index in [0.717, 1.165) is 12.8 Å². The average Bonchev–Trinajstić information content (AvgIpc) is 2.30.